The molecule has 1 aromatic carbocycles. The Morgan fingerprint density at radius 3 is 2.06 bits per heavy atom. The minimum absolute atomic E-state index is 0.204. The Hall–Kier alpha value is -4.22. The number of benzene rings is 1. The third-order valence-corrected chi connectivity index (χ3v) is 3.77. The number of alkyl halides is 3. The number of amides is 2. The second-order valence-corrected chi connectivity index (χ2v) is 6.08. The number of nitrogens with one attached hydrogen (secondary N) is 3. The van der Waals surface area contributed by atoms with E-state index in [9.17, 15) is 22.8 Å². The first-order valence-electron chi connectivity index (χ1n) is 9.06. The van der Waals surface area contributed by atoms with E-state index in [2.05, 4.69) is 25.8 Å². The topological polar surface area (TPSA) is 137 Å². The van der Waals surface area contributed by atoms with Crippen LogP contribution in [0.5, 0.6) is 0 Å². The summed E-state index contributed by atoms with van der Waals surface area (Å²) >= 11 is 0. The van der Waals surface area contributed by atoms with Crippen LogP contribution in [0.1, 0.15) is 20.8 Å². The van der Waals surface area contributed by atoms with Crippen LogP contribution in [0.3, 0.4) is 0 Å². The van der Waals surface area contributed by atoms with Gasteiger partial charge in [-0.3, -0.25) is 19.7 Å². The molecule has 168 valence electrons. The van der Waals surface area contributed by atoms with Crippen molar-refractivity contribution >= 4 is 17.8 Å². The Labute approximate surface area is 179 Å². The molecule has 4 N–H and O–H groups in total. The summed E-state index contributed by atoms with van der Waals surface area (Å²) in [5, 5.41) is 19.5. The number of rotatable bonds is 6. The Morgan fingerprint density at radius 2 is 1.50 bits per heavy atom. The first-order valence-corrected chi connectivity index (χ1v) is 9.06. The molecule has 0 radical (unpaired) electrons. The van der Waals surface area contributed by atoms with E-state index in [4.69, 9.17) is 9.90 Å². The second kappa shape index (κ2) is 11.2. The molecule has 2 amide bonds. The molecule has 0 aliphatic carbocycles. The number of carboxylic acid groups (broad SMARTS) is 1. The largest absolute Gasteiger partial charge is 0.490 e. The van der Waals surface area contributed by atoms with Crippen LogP contribution in [0.15, 0.2) is 60.9 Å². The van der Waals surface area contributed by atoms with Crippen LogP contribution in [-0.2, 0) is 4.79 Å². The maximum atomic E-state index is 12.1. The van der Waals surface area contributed by atoms with Crippen molar-refractivity contribution < 1.29 is 32.7 Å². The van der Waals surface area contributed by atoms with Crippen LogP contribution >= 0.6 is 0 Å². The Morgan fingerprint density at radius 1 is 0.938 bits per heavy atom. The minimum Gasteiger partial charge on any atom is -0.475 e. The maximum absolute atomic E-state index is 12.1. The van der Waals surface area contributed by atoms with Gasteiger partial charge in [-0.1, -0.05) is 30.3 Å². The van der Waals surface area contributed by atoms with Gasteiger partial charge in [0, 0.05) is 36.6 Å². The summed E-state index contributed by atoms with van der Waals surface area (Å²) in [6, 6.07) is 14.5. The first kappa shape index (κ1) is 24.1. The average Bonchev–Trinajstić information content (AvgIpc) is 3.28. The summed E-state index contributed by atoms with van der Waals surface area (Å²) in [7, 11) is 0. The molecular formula is C20H18F3N5O4. The molecular weight excluding hydrogens is 431 g/mol. The van der Waals surface area contributed by atoms with Gasteiger partial charge in [-0.2, -0.15) is 18.3 Å². The number of hydrogen-bond acceptors (Lipinski definition) is 5. The number of halogens is 3. The molecule has 0 saturated heterocycles. The van der Waals surface area contributed by atoms with E-state index in [0.717, 1.165) is 5.56 Å². The third-order valence-electron chi connectivity index (χ3n) is 3.77. The number of aromatic nitrogens is 3. The van der Waals surface area contributed by atoms with E-state index in [1.165, 1.54) is 0 Å². The fourth-order valence-electron chi connectivity index (χ4n) is 2.25. The van der Waals surface area contributed by atoms with Gasteiger partial charge in [0.1, 0.15) is 5.69 Å². The van der Waals surface area contributed by atoms with Gasteiger partial charge >= 0.3 is 12.1 Å². The summed E-state index contributed by atoms with van der Waals surface area (Å²) in [6.45, 7) is 0.641. The van der Waals surface area contributed by atoms with E-state index in [-0.39, 0.29) is 11.8 Å². The van der Waals surface area contributed by atoms with Gasteiger partial charge in [0.05, 0.1) is 5.69 Å². The molecule has 32 heavy (non-hydrogen) atoms. The van der Waals surface area contributed by atoms with Gasteiger partial charge in [-0.25, -0.2) is 4.79 Å². The smallest absolute Gasteiger partial charge is 0.475 e. The number of carboxylic acids is 1. The number of pyridine rings is 1. The molecule has 0 atom stereocenters. The number of nitrogens with zero attached hydrogens (tertiary/aromatic N) is 2. The minimum atomic E-state index is -5.08. The van der Waals surface area contributed by atoms with Crippen LogP contribution in [0.4, 0.5) is 13.2 Å². The highest BCUT2D eigenvalue weighted by Gasteiger charge is 2.38. The summed E-state index contributed by atoms with van der Waals surface area (Å²) in [4.78, 5) is 36.7. The predicted octanol–water partition coefficient (Wildman–Crippen LogP) is 2.26. The highest BCUT2D eigenvalue weighted by Crippen LogP contribution is 2.16. The van der Waals surface area contributed by atoms with Gasteiger partial charge in [0.15, 0.2) is 0 Å². The summed E-state index contributed by atoms with van der Waals surface area (Å²) in [5.41, 5.74) is 2.54. The van der Waals surface area contributed by atoms with Crippen LogP contribution in [0.25, 0.3) is 11.3 Å². The fraction of sp³-hybridized carbons (Fsp3) is 0.150. The highest BCUT2D eigenvalue weighted by atomic mass is 19.4. The lowest BCUT2D eigenvalue weighted by Crippen LogP contribution is -2.34. The van der Waals surface area contributed by atoms with Gasteiger partial charge in [0.2, 0.25) is 0 Å². The summed E-state index contributed by atoms with van der Waals surface area (Å²) in [6.07, 6.45) is -1.97. The lowest BCUT2D eigenvalue weighted by Gasteiger charge is -2.06. The first-order chi connectivity index (χ1) is 15.2. The van der Waals surface area contributed by atoms with E-state index in [1.54, 1.807) is 30.6 Å². The van der Waals surface area contributed by atoms with Crippen LogP contribution in [0.2, 0.25) is 0 Å². The highest BCUT2D eigenvalue weighted by molar-refractivity contribution is 5.94. The predicted molar refractivity (Wildman–Crippen MR) is 107 cm³/mol. The van der Waals surface area contributed by atoms with Crippen molar-refractivity contribution in [3.05, 3.63) is 72.2 Å². The number of aliphatic carboxylic acids is 1. The molecule has 0 fully saturated rings. The van der Waals surface area contributed by atoms with Crippen LogP contribution in [0, 0.1) is 0 Å². The molecule has 0 unspecified atom stereocenters. The molecule has 0 aliphatic heterocycles. The van der Waals surface area contributed by atoms with Crippen molar-refractivity contribution in [2.45, 2.75) is 6.18 Å². The summed E-state index contributed by atoms with van der Waals surface area (Å²) < 4.78 is 31.7. The Balaban J connectivity index is 0.000000451. The van der Waals surface area contributed by atoms with Crippen molar-refractivity contribution in [1.82, 2.24) is 25.8 Å². The van der Waals surface area contributed by atoms with Crippen molar-refractivity contribution in [3.63, 3.8) is 0 Å². The SMILES string of the molecule is O=C(NCCNC(=O)c1cc(-c2ccccc2)n[nH]1)c1ccncc1.O=C(O)C(F)(F)F. The molecule has 0 spiro atoms. The van der Waals surface area contributed by atoms with Crippen molar-refractivity contribution in [2.75, 3.05) is 13.1 Å². The molecule has 0 saturated carbocycles. The Bertz CT molecular complexity index is 1040. The zero-order chi connectivity index (χ0) is 23.6. The molecule has 2 aromatic heterocycles. The van der Waals surface area contributed by atoms with Crippen LogP contribution < -0.4 is 10.6 Å². The zero-order valence-electron chi connectivity index (χ0n) is 16.4. The fourth-order valence-corrected chi connectivity index (χ4v) is 2.25. The number of hydrogen-bond donors (Lipinski definition) is 4. The molecule has 3 aromatic rings. The lowest BCUT2D eigenvalue weighted by molar-refractivity contribution is -0.192. The molecule has 2 heterocycles. The van der Waals surface area contributed by atoms with Gasteiger partial charge in [-0.05, 0) is 18.2 Å². The van der Waals surface area contributed by atoms with E-state index in [0.29, 0.717) is 30.0 Å². The lowest BCUT2D eigenvalue weighted by atomic mass is 10.1. The standard InChI is InChI=1S/C18H17N5O2.C2HF3O2/c24-17(14-6-8-19-9-7-14)20-10-11-21-18(25)16-12-15(22-23-16)13-4-2-1-3-5-13;3-2(4,5)1(6)7/h1-9,12H,10-11H2,(H,20,24)(H,21,25)(H,22,23);(H,6,7). The van der Waals surface area contributed by atoms with Crippen molar-refractivity contribution in [1.29, 1.82) is 0 Å². The van der Waals surface area contributed by atoms with Crippen molar-refractivity contribution in [3.8, 4) is 11.3 Å². The van der Waals surface area contributed by atoms with Gasteiger partial charge in [0.25, 0.3) is 11.8 Å². The third kappa shape index (κ3) is 7.55. The normalized spacial score (nSPS) is 10.5. The summed E-state index contributed by atoms with van der Waals surface area (Å²) in [5.74, 6) is -3.23. The van der Waals surface area contributed by atoms with E-state index in [1.807, 2.05) is 30.3 Å². The molecule has 0 bridgehead atoms. The van der Waals surface area contributed by atoms with E-state index >= 15 is 0 Å². The van der Waals surface area contributed by atoms with E-state index < -0.39 is 12.1 Å². The monoisotopic (exact) mass is 449 g/mol. The maximum Gasteiger partial charge on any atom is 0.490 e. The number of carbonyl (C=O) groups excluding carboxylic acids is 2. The van der Waals surface area contributed by atoms with Gasteiger partial charge < -0.3 is 15.7 Å². The second-order valence-electron chi connectivity index (χ2n) is 6.08. The Kier molecular flexibility index (Phi) is 8.45. The zero-order valence-corrected chi connectivity index (χ0v) is 16.4. The molecule has 0 aliphatic rings. The van der Waals surface area contributed by atoms with Crippen LogP contribution in [-0.4, -0.2) is 57.3 Å². The van der Waals surface area contributed by atoms with Gasteiger partial charge in [-0.15, -0.1) is 0 Å². The van der Waals surface area contributed by atoms with Crippen molar-refractivity contribution in [2.24, 2.45) is 0 Å². The number of carbonyl (C=O) groups is 3. The average molecular weight is 449 g/mol. The molecule has 12 heteroatoms. The molecule has 9 nitrogen and oxygen atoms in total. The number of H-pyrrole nitrogens is 1. The number of aromatic amines is 1. The molecule has 3 rings (SSSR count). The quantitative estimate of drug-likeness (QED) is 0.426.